The minimum absolute atomic E-state index is 0.967. The van der Waals surface area contributed by atoms with E-state index in [4.69, 9.17) is 0 Å². The van der Waals surface area contributed by atoms with Gasteiger partial charge in [-0.2, -0.15) is 0 Å². The van der Waals surface area contributed by atoms with E-state index < -0.39 is 0 Å². The van der Waals surface area contributed by atoms with Gasteiger partial charge in [0.05, 0.1) is 0 Å². The van der Waals surface area contributed by atoms with Crippen molar-refractivity contribution in [3.8, 4) is 47.4 Å². The van der Waals surface area contributed by atoms with E-state index in [-0.39, 0.29) is 0 Å². The molecule has 0 atom stereocenters. The summed E-state index contributed by atoms with van der Waals surface area (Å²) in [6.07, 6.45) is 0. The van der Waals surface area contributed by atoms with Crippen molar-refractivity contribution in [2.75, 3.05) is 0 Å². The van der Waals surface area contributed by atoms with Crippen molar-refractivity contribution in [3.05, 3.63) is 257 Å². The molecule has 0 unspecified atom stereocenters. The first-order chi connectivity index (χ1) is 31.4. The Morgan fingerprint density at radius 1 is 0.234 bits per heavy atom. The zero-order chi connectivity index (χ0) is 43.3. The van der Waals surface area contributed by atoms with E-state index in [9.17, 15) is 0 Å². The lowest BCUT2D eigenvalue weighted by molar-refractivity contribution is 1.45. The molecule has 4 aliphatic carbocycles. The predicted octanol–water partition coefficient (Wildman–Crippen LogP) is 14.0. The second-order valence-corrected chi connectivity index (χ2v) is 16.9. The van der Waals surface area contributed by atoms with Gasteiger partial charge >= 0.3 is 0 Å². The SMILES string of the molecule is Cc1cccc(C#Cc2cccc3c4c5cccc(C#Cc6cccc(C)c6)c5c(c23)=c2c3c(C#Cc5cccc(C)c5)cccc3c=4c3cccc(C#Cc4cccc(C)c4)c23)c1. The maximum atomic E-state index is 3.71. The van der Waals surface area contributed by atoms with Crippen LogP contribution in [0.5, 0.6) is 0 Å². The average molecular weight is 809 g/mol. The third kappa shape index (κ3) is 6.77. The van der Waals surface area contributed by atoms with Crippen LogP contribution >= 0.6 is 0 Å². The molecule has 64 heavy (non-hydrogen) atoms. The van der Waals surface area contributed by atoms with E-state index >= 15 is 0 Å². The predicted molar refractivity (Wildman–Crippen MR) is 267 cm³/mol. The van der Waals surface area contributed by atoms with E-state index in [0.29, 0.717) is 0 Å². The van der Waals surface area contributed by atoms with Crippen LogP contribution in [0.4, 0.5) is 0 Å². The monoisotopic (exact) mass is 808 g/mol. The molecule has 0 aromatic heterocycles. The van der Waals surface area contributed by atoms with Gasteiger partial charge in [0.2, 0.25) is 0 Å². The van der Waals surface area contributed by atoms with Crippen molar-refractivity contribution < 1.29 is 0 Å². The van der Waals surface area contributed by atoms with Gasteiger partial charge in [-0.1, -0.05) is 144 Å². The van der Waals surface area contributed by atoms with Crippen LogP contribution in [0.25, 0.3) is 43.1 Å². The smallest absolute Gasteiger partial charge is 0.0334 e. The van der Waals surface area contributed by atoms with Gasteiger partial charge in [0.25, 0.3) is 0 Å². The second kappa shape index (κ2) is 15.7. The number of hydrogen-bond donors (Lipinski definition) is 0. The molecule has 10 aromatic rings. The molecular formula is C64H40. The standard InChI is InChI=1S/C64H40/c1-41-13-5-17-45(37-41)29-33-49-21-9-25-53-57(49)63-58-50(34-30-46-18-6-14-42(2)38-46)22-10-26-54(58)61(53)62-55-27-11-23-51(35-31-47-19-7-15-43(3)39-47)59(55)64(63)60-52(24-12-28-56(60)62)36-32-48-20-8-16-44(4)40-48/h5-28,37-40H,1-4H3. The van der Waals surface area contributed by atoms with E-state index in [1.807, 2.05) is 0 Å². The van der Waals surface area contributed by atoms with Crippen LogP contribution in [-0.2, 0) is 0 Å². The van der Waals surface area contributed by atoms with Gasteiger partial charge in [0, 0.05) is 76.5 Å². The summed E-state index contributed by atoms with van der Waals surface area (Å²) >= 11 is 0. The van der Waals surface area contributed by atoms with Gasteiger partial charge in [-0.3, -0.25) is 0 Å². The lowest BCUT2D eigenvalue weighted by Crippen LogP contribution is -2.00. The largest absolute Gasteiger partial charge is 0.0616 e. The summed E-state index contributed by atoms with van der Waals surface area (Å²) in [5.41, 5.74) is 12.5. The highest BCUT2D eigenvalue weighted by atomic mass is 14.2. The summed E-state index contributed by atoms with van der Waals surface area (Å²) in [5, 5.41) is 13.7. The molecular weight excluding hydrogens is 769 g/mol. The molecule has 0 aliphatic heterocycles. The molecule has 0 N–H and O–H groups in total. The third-order valence-corrected chi connectivity index (χ3v) is 12.3. The van der Waals surface area contributed by atoms with Crippen LogP contribution in [0, 0.1) is 95.9 Å². The van der Waals surface area contributed by atoms with Crippen molar-refractivity contribution >= 4 is 43.1 Å². The molecule has 0 saturated heterocycles. The van der Waals surface area contributed by atoms with Gasteiger partial charge in [-0.25, -0.2) is 0 Å². The number of rotatable bonds is 0. The van der Waals surface area contributed by atoms with Crippen molar-refractivity contribution in [2.24, 2.45) is 0 Å². The molecule has 4 bridgehead atoms. The molecule has 296 valence electrons. The number of hydrogen-bond acceptors (Lipinski definition) is 0. The third-order valence-electron chi connectivity index (χ3n) is 12.3. The molecule has 0 fully saturated rings. The molecule has 0 nitrogen and oxygen atoms in total. The molecule has 10 aromatic carbocycles. The van der Waals surface area contributed by atoms with Crippen LogP contribution in [-0.4, -0.2) is 0 Å². The van der Waals surface area contributed by atoms with Gasteiger partial charge in [-0.05, 0) is 155 Å². The van der Waals surface area contributed by atoms with Crippen molar-refractivity contribution in [1.82, 2.24) is 0 Å². The lowest BCUT2D eigenvalue weighted by atomic mass is 9.82. The van der Waals surface area contributed by atoms with Gasteiger partial charge in [0.1, 0.15) is 0 Å². The van der Waals surface area contributed by atoms with E-state index in [1.165, 1.54) is 54.2 Å². The first kappa shape index (κ1) is 38.4. The molecule has 0 heteroatoms. The minimum atomic E-state index is 0.967. The summed E-state index contributed by atoms with van der Waals surface area (Å²) in [6, 6.07) is 60.3. The Bertz CT molecular complexity index is 3600. The van der Waals surface area contributed by atoms with E-state index in [0.717, 1.165) is 76.5 Å². The highest BCUT2D eigenvalue weighted by molar-refractivity contribution is 6.13. The fourth-order valence-electron chi connectivity index (χ4n) is 9.56. The summed E-state index contributed by atoms with van der Waals surface area (Å²) in [6.45, 7) is 8.46. The zero-order valence-corrected chi connectivity index (χ0v) is 36.2. The Morgan fingerprint density at radius 3 is 0.703 bits per heavy atom. The highest BCUT2D eigenvalue weighted by Crippen LogP contribution is 2.41. The minimum Gasteiger partial charge on any atom is -0.0616 e. The lowest BCUT2D eigenvalue weighted by Gasteiger charge is -2.19. The summed E-state index contributed by atoms with van der Waals surface area (Å²) in [4.78, 5) is 0. The van der Waals surface area contributed by atoms with Gasteiger partial charge in [0.15, 0.2) is 0 Å². The molecule has 0 heterocycles. The quantitative estimate of drug-likeness (QED) is 0.106. The van der Waals surface area contributed by atoms with Crippen molar-refractivity contribution in [1.29, 1.82) is 0 Å². The number of aryl methyl sites for hydroxylation is 4. The Balaban J connectivity index is 1.43. The van der Waals surface area contributed by atoms with Crippen LogP contribution in [0.1, 0.15) is 66.8 Å². The zero-order valence-electron chi connectivity index (χ0n) is 36.2. The van der Waals surface area contributed by atoms with E-state index in [1.54, 1.807) is 0 Å². The Hall–Kier alpha value is -8.52. The van der Waals surface area contributed by atoms with Crippen LogP contribution in [0.3, 0.4) is 0 Å². The maximum Gasteiger partial charge on any atom is 0.0334 e. The Morgan fingerprint density at radius 2 is 0.469 bits per heavy atom. The Kier molecular flexibility index (Phi) is 9.45. The van der Waals surface area contributed by atoms with Crippen molar-refractivity contribution in [3.63, 3.8) is 0 Å². The van der Waals surface area contributed by atoms with Gasteiger partial charge < -0.3 is 0 Å². The van der Waals surface area contributed by atoms with E-state index in [2.05, 4.69) is 245 Å². The normalized spacial score (nSPS) is 10.9. The van der Waals surface area contributed by atoms with Crippen molar-refractivity contribution in [2.45, 2.75) is 27.7 Å². The second-order valence-electron chi connectivity index (χ2n) is 16.9. The topological polar surface area (TPSA) is 0 Å². The molecule has 0 radical (unpaired) electrons. The molecule has 0 spiro atoms. The van der Waals surface area contributed by atoms with Crippen LogP contribution in [0.2, 0.25) is 0 Å². The maximum absolute atomic E-state index is 3.71. The molecule has 4 aliphatic rings. The number of benzene rings is 10. The summed E-state index contributed by atoms with van der Waals surface area (Å²) < 4.78 is 0. The van der Waals surface area contributed by atoms with Gasteiger partial charge in [-0.15, -0.1) is 0 Å². The first-order valence-electron chi connectivity index (χ1n) is 21.8. The summed E-state index contributed by atoms with van der Waals surface area (Å²) in [7, 11) is 0. The molecule has 0 amide bonds. The van der Waals surface area contributed by atoms with Crippen LogP contribution in [0.15, 0.2) is 170 Å². The molecule has 0 saturated carbocycles. The fraction of sp³-hybridized carbons (Fsp3) is 0.0625. The average Bonchev–Trinajstić information content (AvgIpc) is 3.29. The van der Waals surface area contributed by atoms with Crippen LogP contribution < -0.4 is 0 Å². The molecule has 14 rings (SSSR count). The summed E-state index contributed by atoms with van der Waals surface area (Å²) in [5.74, 6) is 29.1. The Labute approximate surface area is 373 Å². The highest BCUT2D eigenvalue weighted by Gasteiger charge is 2.22. The fourth-order valence-corrected chi connectivity index (χ4v) is 9.56. The first-order valence-corrected chi connectivity index (χ1v) is 21.8.